The molecule has 190 valence electrons. The van der Waals surface area contributed by atoms with Gasteiger partial charge in [-0.25, -0.2) is 0 Å². The molecule has 0 aromatic heterocycles. The van der Waals surface area contributed by atoms with E-state index in [1.54, 1.807) is 0 Å². The van der Waals surface area contributed by atoms with Crippen molar-refractivity contribution in [1.29, 1.82) is 0 Å². The number of hydrogen-bond donors (Lipinski definition) is 0. The van der Waals surface area contributed by atoms with Crippen molar-refractivity contribution >= 4 is 45.3 Å². The minimum atomic E-state index is -0.384. The van der Waals surface area contributed by atoms with E-state index in [2.05, 4.69) is 30.4 Å². The molecule has 0 radical (unpaired) electrons. The first-order valence-electron chi connectivity index (χ1n) is 17.8. The average molecular weight is 519 g/mol. The van der Waals surface area contributed by atoms with Gasteiger partial charge in [-0.3, -0.25) is 0 Å². The molecule has 2 aliphatic rings. The topological polar surface area (TPSA) is 0 Å². The van der Waals surface area contributed by atoms with Crippen LogP contribution in [-0.4, -0.2) is 0 Å². The van der Waals surface area contributed by atoms with Crippen LogP contribution in [0.3, 0.4) is 0 Å². The second-order valence-electron chi connectivity index (χ2n) is 10.5. The molecule has 0 aliphatic heterocycles. The summed E-state index contributed by atoms with van der Waals surface area (Å²) in [4.78, 5) is 0. The van der Waals surface area contributed by atoms with Crippen LogP contribution in [-0.2, 0) is 0 Å². The van der Waals surface area contributed by atoms with E-state index >= 15 is 0 Å². The summed E-state index contributed by atoms with van der Waals surface area (Å²) in [6.07, 6.45) is 8.71. The summed E-state index contributed by atoms with van der Waals surface area (Å²) in [5, 5.41) is 5.33. The second-order valence-corrected chi connectivity index (χ2v) is 10.5. The lowest BCUT2D eigenvalue weighted by molar-refractivity contribution is 0.921. The van der Waals surface area contributed by atoms with E-state index in [0.29, 0.717) is 29.5 Å². The molecule has 6 aromatic carbocycles. The Balaban J connectivity index is 1.52. The molecule has 0 saturated carbocycles. The minimum absolute atomic E-state index is 0.152. The van der Waals surface area contributed by atoms with Crippen LogP contribution in [0.2, 0.25) is 0 Å². The van der Waals surface area contributed by atoms with E-state index in [1.165, 1.54) is 10.4 Å². The molecule has 40 heavy (non-hydrogen) atoms. The molecule has 0 N–H and O–H groups in total. The van der Waals surface area contributed by atoms with E-state index < -0.39 is 0 Å². The van der Waals surface area contributed by atoms with E-state index in [0.717, 1.165) is 28.0 Å². The highest BCUT2D eigenvalue weighted by Crippen LogP contribution is 2.42. The van der Waals surface area contributed by atoms with Gasteiger partial charge < -0.3 is 0 Å². The van der Waals surface area contributed by atoms with Gasteiger partial charge in [0.05, 0.1) is 11.0 Å². The molecule has 0 heterocycles. The molecule has 2 aliphatic carbocycles. The van der Waals surface area contributed by atoms with Crippen molar-refractivity contribution in [3.8, 4) is 11.1 Å². The molecule has 0 saturated heterocycles. The smallest absolute Gasteiger partial charge is 0.0629 e. The Morgan fingerprint density at radius 1 is 0.575 bits per heavy atom. The van der Waals surface area contributed by atoms with Gasteiger partial charge in [0, 0.05) is 5.92 Å². The fourth-order valence-corrected chi connectivity index (χ4v) is 6.45. The number of fused-ring (bicyclic) bond motifs is 4. The van der Waals surface area contributed by atoms with Crippen LogP contribution in [0.4, 0.5) is 0 Å². The van der Waals surface area contributed by atoms with E-state index in [9.17, 15) is 5.48 Å². The summed E-state index contributed by atoms with van der Waals surface area (Å²) in [6.45, 7) is 0. The third-order valence-electron chi connectivity index (χ3n) is 8.32. The van der Waals surface area contributed by atoms with Gasteiger partial charge in [0.25, 0.3) is 0 Å². The molecule has 0 heteroatoms. The third kappa shape index (κ3) is 3.75. The third-order valence-corrected chi connectivity index (χ3v) is 8.32. The first kappa shape index (κ1) is 16.4. The van der Waals surface area contributed by atoms with Crippen LogP contribution in [0.15, 0.2) is 121 Å². The Morgan fingerprint density at radius 3 is 1.88 bits per heavy atom. The van der Waals surface area contributed by atoms with Crippen molar-refractivity contribution in [1.82, 2.24) is 0 Å². The maximum atomic E-state index is 9.24. The van der Waals surface area contributed by atoms with Crippen molar-refractivity contribution in [2.75, 3.05) is 0 Å². The van der Waals surface area contributed by atoms with Gasteiger partial charge in [0.2, 0.25) is 0 Å². The SMILES string of the molecule is [2H]c1c([2H])c([2H])c2c(-c3ccc(C4C=c5ccccc5=CC4)cc3)c3c([2H])c([2H])c([2H])c([2H])c3c(C3=c4ccccc4=CCC3)c2c1[2H]. The molecule has 0 spiro atoms. The summed E-state index contributed by atoms with van der Waals surface area (Å²) in [6, 6.07) is 21.5. The van der Waals surface area contributed by atoms with Crippen LogP contribution in [0.1, 0.15) is 47.3 Å². The Labute approximate surface area is 245 Å². The highest BCUT2D eigenvalue weighted by molar-refractivity contribution is 6.18. The average Bonchev–Trinajstić information content (AvgIpc) is 3.13. The van der Waals surface area contributed by atoms with Crippen LogP contribution < -0.4 is 20.9 Å². The highest BCUT2D eigenvalue weighted by atomic mass is 14.2. The zero-order chi connectivity index (χ0) is 33.4. The molecular weight excluding hydrogens is 480 g/mol. The molecule has 1 unspecified atom stereocenters. The molecule has 8 rings (SSSR count). The van der Waals surface area contributed by atoms with Crippen molar-refractivity contribution < 1.29 is 11.0 Å². The van der Waals surface area contributed by atoms with Gasteiger partial charge in [-0.2, -0.15) is 0 Å². The quantitative estimate of drug-likeness (QED) is 0.218. The maximum absolute atomic E-state index is 9.24. The first-order valence-corrected chi connectivity index (χ1v) is 13.8. The minimum Gasteiger partial charge on any atom is -0.0763 e. The fourth-order valence-electron chi connectivity index (χ4n) is 6.45. The van der Waals surface area contributed by atoms with E-state index in [4.69, 9.17) is 5.48 Å². The van der Waals surface area contributed by atoms with Crippen molar-refractivity contribution in [2.24, 2.45) is 0 Å². The predicted molar refractivity (Wildman–Crippen MR) is 171 cm³/mol. The summed E-state index contributed by atoms with van der Waals surface area (Å²) < 4.78 is 71.8. The van der Waals surface area contributed by atoms with Crippen molar-refractivity contribution in [2.45, 2.75) is 25.2 Å². The van der Waals surface area contributed by atoms with E-state index in [-0.39, 0.29) is 75.8 Å². The van der Waals surface area contributed by atoms with Gasteiger partial charge in [-0.15, -0.1) is 0 Å². The van der Waals surface area contributed by atoms with Crippen LogP contribution in [0, 0.1) is 0 Å². The predicted octanol–water partition coefficient (Wildman–Crippen LogP) is 7.18. The van der Waals surface area contributed by atoms with Gasteiger partial charge in [0.1, 0.15) is 0 Å². The Bertz CT molecular complexity index is 2540. The fraction of sp³-hybridized carbons (Fsp3) is 0.100. The standard InChI is InChI=1S/C40H30/c1-2-12-31-26-32(25-22-27(31)10-1)28-20-23-30(24-21-28)39-35-15-5-7-17-37(35)40(38-18-8-6-16-36(38)39)34-19-9-13-29-11-3-4-14-33(29)34/h1-8,10-18,20-24,26,32H,9,19,25H2/i5D,6D,7D,8D,15D,16D,17D,18D. The van der Waals surface area contributed by atoms with Crippen molar-refractivity contribution in [3.63, 3.8) is 0 Å². The molecule has 0 fully saturated rings. The Morgan fingerprint density at radius 2 is 1.18 bits per heavy atom. The largest absolute Gasteiger partial charge is 0.0763 e. The lowest BCUT2D eigenvalue weighted by atomic mass is 9.82. The van der Waals surface area contributed by atoms with Gasteiger partial charge >= 0.3 is 0 Å². The molecule has 0 nitrogen and oxygen atoms in total. The Kier molecular flexibility index (Phi) is 3.90. The summed E-state index contributed by atoms with van der Waals surface area (Å²) in [5.41, 5.74) is 3.35. The number of hydrogen-bond acceptors (Lipinski definition) is 0. The lowest BCUT2D eigenvalue weighted by Gasteiger charge is -2.21. The molecular formula is C40H30. The molecule has 0 amide bonds. The Hall–Kier alpha value is -4.68. The van der Waals surface area contributed by atoms with Gasteiger partial charge in [-0.1, -0.05) is 139 Å². The molecule has 1 atom stereocenters. The van der Waals surface area contributed by atoms with Crippen LogP contribution in [0.5, 0.6) is 0 Å². The second kappa shape index (κ2) is 9.50. The van der Waals surface area contributed by atoms with Gasteiger partial charge in [-0.05, 0) is 89.5 Å². The van der Waals surface area contributed by atoms with Crippen LogP contribution >= 0.6 is 0 Å². The molecule has 6 aromatic rings. The van der Waals surface area contributed by atoms with Gasteiger partial charge in [0.15, 0.2) is 0 Å². The normalized spacial score (nSPS) is 18.8. The lowest BCUT2D eigenvalue weighted by Crippen LogP contribution is -2.29. The zero-order valence-electron chi connectivity index (χ0n) is 29.9. The highest BCUT2D eigenvalue weighted by Gasteiger charge is 2.19. The monoisotopic (exact) mass is 518 g/mol. The van der Waals surface area contributed by atoms with Crippen molar-refractivity contribution in [3.05, 3.63) is 153 Å². The summed E-state index contributed by atoms with van der Waals surface area (Å²) >= 11 is 0. The zero-order valence-corrected chi connectivity index (χ0v) is 21.9. The van der Waals surface area contributed by atoms with E-state index in [1.807, 2.05) is 60.7 Å². The summed E-state index contributed by atoms with van der Waals surface area (Å²) in [7, 11) is 0. The van der Waals surface area contributed by atoms with Crippen LogP contribution in [0.25, 0.3) is 56.5 Å². The number of benzene rings is 6. The number of rotatable bonds is 3. The molecule has 0 bridgehead atoms. The summed E-state index contributed by atoms with van der Waals surface area (Å²) in [5.74, 6) is 0.152. The maximum Gasteiger partial charge on any atom is 0.0629 e. The first-order chi connectivity index (χ1) is 23.2.